The quantitative estimate of drug-likeness (QED) is 0.679. The molecule has 0 aliphatic carbocycles. The first-order chi connectivity index (χ1) is 6.61. The van der Waals surface area contributed by atoms with E-state index in [0.717, 1.165) is 11.1 Å². The minimum absolute atomic E-state index is 0.0879. The van der Waals surface area contributed by atoms with Crippen molar-refractivity contribution in [2.24, 2.45) is 0 Å². The van der Waals surface area contributed by atoms with Crippen LogP contribution in [-0.2, 0) is 4.79 Å². The summed E-state index contributed by atoms with van der Waals surface area (Å²) in [4.78, 5) is 13.3. The molecule has 0 fully saturated rings. The minimum atomic E-state index is 0.0879. The average Bonchev–Trinajstić information content (AvgIpc) is 2.15. The Hall–Kier alpha value is -1.57. The lowest BCUT2D eigenvalue weighted by atomic mass is 10.0. The fourth-order valence-electron chi connectivity index (χ4n) is 1.24. The maximum atomic E-state index is 11.4. The zero-order valence-corrected chi connectivity index (χ0v) is 8.82. The highest BCUT2D eigenvalue weighted by molar-refractivity contribution is 6.19. The number of ketones is 1. The predicted molar refractivity (Wildman–Crippen MR) is 58.8 cm³/mol. The van der Waals surface area contributed by atoms with Crippen LogP contribution in [0.4, 0.5) is 0 Å². The van der Waals surface area contributed by atoms with Crippen LogP contribution in [0.3, 0.4) is 0 Å². The molecule has 0 amide bonds. The molecule has 0 spiro atoms. The van der Waals surface area contributed by atoms with Gasteiger partial charge in [0.1, 0.15) is 0 Å². The molecule has 74 valence electrons. The van der Waals surface area contributed by atoms with Crippen LogP contribution < -0.4 is 0 Å². The minimum Gasteiger partial charge on any atom is -0.383 e. The zero-order valence-electron chi connectivity index (χ0n) is 8.82. The van der Waals surface area contributed by atoms with Gasteiger partial charge in [-0.1, -0.05) is 30.3 Å². The highest BCUT2D eigenvalue weighted by Crippen LogP contribution is 2.14. The van der Waals surface area contributed by atoms with Crippen LogP contribution in [-0.4, -0.2) is 24.8 Å². The Labute approximate surface area is 84.9 Å². The van der Waals surface area contributed by atoms with Gasteiger partial charge in [-0.05, 0) is 12.5 Å². The fraction of sp³-hybridized carbons (Fsp3) is 0.250. The van der Waals surface area contributed by atoms with Gasteiger partial charge in [0.2, 0.25) is 0 Å². The van der Waals surface area contributed by atoms with Crippen molar-refractivity contribution in [1.29, 1.82) is 0 Å². The molecular weight excluding hydrogens is 174 g/mol. The van der Waals surface area contributed by atoms with Crippen LogP contribution in [0.5, 0.6) is 0 Å². The fourth-order valence-corrected chi connectivity index (χ4v) is 1.24. The molecule has 0 radical (unpaired) electrons. The number of allylic oxidation sites excluding steroid dienone is 1. The first kappa shape index (κ1) is 10.5. The van der Waals surface area contributed by atoms with Crippen LogP contribution in [0.2, 0.25) is 0 Å². The molecule has 0 atom stereocenters. The lowest BCUT2D eigenvalue weighted by molar-refractivity contribution is -0.111. The van der Waals surface area contributed by atoms with Gasteiger partial charge in [0.15, 0.2) is 5.78 Å². The van der Waals surface area contributed by atoms with Crippen LogP contribution in [0.25, 0.3) is 5.57 Å². The van der Waals surface area contributed by atoms with Crippen molar-refractivity contribution < 1.29 is 4.79 Å². The van der Waals surface area contributed by atoms with Gasteiger partial charge in [0.25, 0.3) is 0 Å². The van der Waals surface area contributed by atoms with Gasteiger partial charge in [0.05, 0.1) is 0 Å². The average molecular weight is 189 g/mol. The summed E-state index contributed by atoms with van der Waals surface area (Å²) in [6, 6.07) is 9.69. The molecule has 0 aliphatic heterocycles. The molecule has 0 saturated heterocycles. The summed E-state index contributed by atoms with van der Waals surface area (Å²) in [5.41, 5.74) is 1.71. The van der Waals surface area contributed by atoms with E-state index in [1.165, 1.54) is 0 Å². The van der Waals surface area contributed by atoms with Crippen molar-refractivity contribution >= 4 is 11.4 Å². The molecule has 0 saturated carbocycles. The number of benzene rings is 1. The Balaban J connectivity index is 3.08. The van der Waals surface area contributed by atoms with E-state index in [0.29, 0.717) is 0 Å². The lowest BCUT2D eigenvalue weighted by Crippen LogP contribution is -2.06. The molecule has 1 aromatic rings. The predicted octanol–water partition coefficient (Wildman–Crippen LogP) is 2.18. The maximum absolute atomic E-state index is 11.4. The molecule has 2 heteroatoms. The summed E-state index contributed by atoms with van der Waals surface area (Å²) in [6.45, 7) is 1.59. The highest BCUT2D eigenvalue weighted by Gasteiger charge is 2.06. The van der Waals surface area contributed by atoms with Gasteiger partial charge < -0.3 is 4.90 Å². The Morgan fingerprint density at radius 2 is 1.79 bits per heavy atom. The van der Waals surface area contributed by atoms with E-state index in [1.807, 2.05) is 55.5 Å². The van der Waals surface area contributed by atoms with E-state index in [9.17, 15) is 4.79 Å². The lowest BCUT2D eigenvalue weighted by Gasteiger charge is -2.09. The first-order valence-corrected chi connectivity index (χ1v) is 4.56. The van der Waals surface area contributed by atoms with E-state index in [2.05, 4.69) is 0 Å². The van der Waals surface area contributed by atoms with E-state index in [-0.39, 0.29) is 5.78 Å². The molecule has 1 aromatic carbocycles. The second kappa shape index (κ2) is 4.61. The third-order valence-electron chi connectivity index (χ3n) is 1.85. The summed E-state index contributed by atoms with van der Waals surface area (Å²) in [6.07, 6.45) is 1.84. The molecule has 2 nitrogen and oxygen atoms in total. The smallest absolute Gasteiger partial charge is 0.161 e. The van der Waals surface area contributed by atoms with Crippen molar-refractivity contribution in [2.45, 2.75) is 6.92 Å². The van der Waals surface area contributed by atoms with Gasteiger partial charge in [0, 0.05) is 25.9 Å². The normalized spacial score (nSPS) is 11.2. The van der Waals surface area contributed by atoms with Crippen LogP contribution in [0.1, 0.15) is 12.5 Å². The summed E-state index contributed by atoms with van der Waals surface area (Å²) < 4.78 is 0. The van der Waals surface area contributed by atoms with Gasteiger partial charge >= 0.3 is 0 Å². The molecule has 0 unspecified atom stereocenters. The van der Waals surface area contributed by atoms with E-state index >= 15 is 0 Å². The summed E-state index contributed by atoms with van der Waals surface area (Å²) in [5.74, 6) is 0.0879. The number of nitrogens with zero attached hydrogens (tertiary/aromatic N) is 1. The standard InChI is InChI=1S/C12H15NO/c1-10(14)12(9-13(2)3)11-7-5-4-6-8-11/h4-9H,1-3H3. The number of hydrogen-bond donors (Lipinski definition) is 0. The molecule has 0 heterocycles. The Morgan fingerprint density at radius 3 is 2.21 bits per heavy atom. The molecule has 0 bridgehead atoms. The Morgan fingerprint density at radius 1 is 1.21 bits per heavy atom. The summed E-state index contributed by atoms with van der Waals surface area (Å²) in [5, 5.41) is 0. The molecular formula is C12H15NO. The Kier molecular flexibility index (Phi) is 3.46. The van der Waals surface area contributed by atoms with Crippen LogP contribution >= 0.6 is 0 Å². The van der Waals surface area contributed by atoms with Gasteiger partial charge in [-0.2, -0.15) is 0 Å². The monoisotopic (exact) mass is 189 g/mol. The number of rotatable bonds is 3. The number of carbonyl (C=O) groups is 1. The second-order valence-corrected chi connectivity index (χ2v) is 3.43. The number of carbonyl (C=O) groups excluding carboxylic acids is 1. The van der Waals surface area contributed by atoms with E-state index < -0.39 is 0 Å². The second-order valence-electron chi connectivity index (χ2n) is 3.43. The largest absolute Gasteiger partial charge is 0.383 e. The maximum Gasteiger partial charge on any atom is 0.161 e. The number of Topliss-reactive ketones (excluding diaryl/α,β-unsaturated/α-hetero) is 1. The van der Waals surface area contributed by atoms with E-state index in [1.54, 1.807) is 6.92 Å². The van der Waals surface area contributed by atoms with Crippen molar-refractivity contribution in [1.82, 2.24) is 4.90 Å². The van der Waals surface area contributed by atoms with E-state index in [4.69, 9.17) is 0 Å². The molecule has 0 aliphatic rings. The topological polar surface area (TPSA) is 20.3 Å². The van der Waals surface area contributed by atoms with Gasteiger partial charge in [-0.15, -0.1) is 0 Å². The van der Waals surface area contributed by atoms with Crippen LogP contribution in [0, 0.1) is 0 Å². The number of hydrogen-bond acceptors (Lipinski definition) is 2. The third-order valence-corrected chi connectivity index (χ3v) is 1.85. The van der Waals surface area contributed by atoms with Crippen LogP contribution in [0.15, 0.2) is 36.5 Å². The molecule has 1 rings (SSSR count). The van der Waals surface area contributed by atoms with Gasteiger partial charge in [-0.25, -0.2) is 0 Å². The summed E-state index contributed by atoms with van der Waals surface area (Å²) >= 11 is 0. The third kappa shape index (κ3) is 2.73. The molecule has 14 heavy (non-hydrogen) atoms. The Bertz CT molecular complexity index is 339. The SMILES string of the molecule is CC(=O)C(=CN(C)C)c1ccccc1. The molecule has 0 aromatic heterocycles. The first-order valence-electron chi connectivity index (χ1n) is 4.56. The zero-order chi connectivity index (χ0) is 10.6. The van der Waals surface area contributed by atoms with Crippen molar-refractivity contribution in [3.63, 3.8) is 0 Å². The van der Waals surface area contributed by atoms with Crippen molar-refractivity contribution in [2.75, 3.05) is 14.1 Å². The van der Waals surface area contributed by atoms with Crippen molar-refractivity contribution in [3.8, 4) is 0 Å². The van der Waals surface area contributed by atoms with Gasteiger partial charge in [-0.3, -0.25) is 4.79 Å². The van der Waals surface area contributed by atoms with Crippen molar-refractivity contribution in [3.05, 3.63) is 42.1 Å². The highest BCUT2D eigenvalue weighted by atomic mass is 16.1. The summed E-state index contributed by atoms with van der Waals surface area (Å²) in [7, 11) is 3.82. The molecule has 0 N–H and O–H groups in total.